The molecule has 0 aliphatic rings. The molecule has 3 nitrogen and oxygen atoms in total. The average Bonchev–Trinajstić information content (AvgIpc) is 2.85. The lowest BCUT2D eigenvalue weighted by Gasteiger charge is -2.00. The van der Waals surface area contributed by atoms with Crippen LogP contribution in [0.15, 0.2) is 59.2 Å². The van der Waals surface area contributed by atoms with Crippen molar-refractivity contribution in [2.75, 3.05) is 0 Å². The van der Waals surface area contributed by atoms with Crippen LogP contribution in [-0.2, 0) is 16.1 Å². The van der Waals surface area contributed by atoms with E-state index in [-0.39, 0.29) is 6.61 Å². The Hall–Kier alpha value is -2.29. The second kappa shape index (κ2) is 5.36. The van der Waals surface area contributed by atoms with E-state index in [4.69, 9.17) is 9.15 Å². The number of hydrogen-bond acceptors (Lipinski definition) is 3. The van der Waals surface area contributed by atoms with Crippen molar-refractivity contribution in [1.29, 1.82) is 0 Å². The summed E-state index contributed by atoms with van der Waals surface area (Å²) in [5, 5.41) is 0. The van der Waals surface area contributed by atoms with Crippen LogP contribution in [0.2, 0.25) is 0 Å². The number of hydrogen-bond donors (Lipinski definition) is 0. The van der Waals surface area contributed by atoms with Gasteiger partial charge in [-0.05, 0) is 18.6 Å². The van der Waals surface area contributed by atoms with E-state index in [1.54, 1.807) is 13.2 Å². The highest BCUT2D eigenvalue weighted by molar-refractivity contribution is 5.86. The normalized spacial score (nSPS) is 10.1. The molecule has 0 bridgehead atoms. The summed E-state index contributed by atoms with van der Waals surface area (Å²) in [5.41, 5.74) is 2.42. The first-order chi connectivity index (χ1) is 8.66. The van der Waals surface area contributed by atoms with Crippen molar-refractivity contribution in [3.63, 3.8) is 0 Å². The van der Waals surface area contributed by atoms with Crippen LogP contribution in [0.4, 0.5) is 0 Å². The summed E-state index contributed by atoms with van der Waals surface area (Å²) in [5.74, 6) is 0.205. The van der Waals surface area contributed by atoms with Crippen LogP contribution in [0.5, 0.6) is 0 Å². The van der Waals surface area contributed by atoms with Crippen molar-refractivity contribution in [3.8, 4) is 11.1 Å². The van der Waals surface area contributed by atoms with E-state index < -0.39 is 5.97 Å². The van der Waals surface area contributed by atoms with E-state index in [9.17, 15) is 4.79 Å². The molecular weight excluding hydrogens is 228 g/mol. The minimum atomic E-state index is -0.410. The molecule has 1 aromatic heterocycles. The molecule has 0 fully saturated rings. The summed E-state index contributed by atoms with van der Waals surface area (Å²) < 4.78 is 10.3. The lowest BCUT2D eigenvalue weighted by Crippen LogP contribution is -2.04. The molecule has 1 heterocycles. The van der Waals surface area contributed by atoms with Gasteiger partial charge in [-0.1, -0.05) is 36.9 Å². The quantitative estimate of drug-likeness (QED) is 0.607. The fraction of sp³-hybridized carbons (Fsp3) is 0.133. The number of carbonyl (C=O) groups is 1. The first kappa shape index (κ1) is 12.2. The number of esters is 1. The van der Waals surface area contributed by atoms with Gasteiger partial charge in [-0.25, -0.2) is 4.79 Å². The molecule has 0 saturated carbocycles. The van der Waals surface area contributed by atoms with Crippen molar-refractivity contribution in [2.45, 2.75) is 13.5 Å². The number of rotatable bonds is 4. The van der Waals surface area contributed by atoms with Gasteiger partial charge in [0.25, 0.3) is 0 Å². The molecule has 2 rings (SSSR count). The minimum Gasteiger partial charge on any atom is -0.465 e. The van der Waals surface area contributed by atoms with Gasteiger partial charge in [0, 0.05) is 11.1 Å². The molecule has 0 unspecified atom stereocenters. The number of benzene rings is 1. The zero-order valence-corrected chi connectivity index (χ0v) is 10.2. The Kier molecular flexibility index (Phi) is 3.63. The third kappa shape index (κ3) is 2.88. The molecule has 0 atom stereocenters. The first-order valence-corrected chi connectivity index (χ1v) is 5.62. The molecule has 0 aliphatic heterocycles. The third-order valence-electron chi connectivity index (χ3n) is 2.45. The van der Waals surface area contributed by atoms with Gasteiger partial charge < -0.3 is 9.15 Å². The SMILES string of the molecule is C=C(C)C(=O)OCc1cc(-c2ccccc2)co1. The summed E-state index contributed by atoms with van der Waals surface area (Å²) in [6, 6.07) is 11.7. The lowest BCUT2D eigenvalue weighted by atomic mass is 10.1. The van der Waals surface area contributed by atoms with E-state index in [1.807, 2.05) is 36.4 Å². The molecule has 0 spiro atoms. The molecule has 92 valence electrons. The van der Waals surface area contributed by atoms with Crippen molar-refractivity contribution >= 4 is 5.97 Å². The van der Waals surface area contributed by atoms with Crippen LogP contribution in [0, 0.1) is 0 Å². The largest absolute Gasteiger partial charge is 0.465 e. The lowest BCUT2D eigenvalue weighted by molar-refractivity contribution is -0.140. The predicted octanol–water partition coefficient (Wildman–Crippen LogP) is 3.57. The molecule has 0 N–H and O–H groups in total. The van der Waals surface area contributed by atoms with E-state index in [1.165, 1.54) is 0 Å². The zero-order valence-electron chi connectivity index (χ0n) is 10.2. The van der Waals surface area contributed by atoms with Crippen molar-refractivity contribution in [3.05, 3.63) is 60.6 Å². The Bertz CT molecular complexity index is 552. The van der Waals surface area contributed by atoms with Gasteiger partial charge in [-0.2, -0.15) is 0 Å². The summed E-state index contributed by atoms with van der Waals surface area (Å²) in [4.78, 5) is 11.2. The minimum absolute atomic E-state index is 0.124. The molecule has 1 aromatic carbocycles. The smallest absolute Gasteiger partial charge is 0.333 e. The monoisotopic (exact) mass is 242 g/mol. The van der Waals surface area contributed by atoms with Crippen molar-refractivity contribution in [2.24, 2.45) is 0 Å². The number of carbonyl (C=O) groups excluding carboxylic acids is 1. The Balaban J connectivity index is 2.03. The van der Waals surface area contributed by atoms with Crippen LogP contribution in [0.1, 0.15) is 12.7 Å². The van der Waals surface area contributed by atoms with Gasteiger partial charge in [0.05, 0.1) is 6.26 Å². The maximum atomic E-state index is 11.2. The summed E-state index contributed by atoms with van der Waals surface area (Å²) in [6.45, 7) is 5.25. The number of ether oxygens (including phenoxy) is 1. The van der Waals surface area contributed by atoms with Crippen molar-refractivity contribution in [1.82, 2.24) is 0 Å². The Labute approximate surface area is 106 Å². The van der Waals surface area contributed by atoms with Crippen LogP contribution in [-0.4, -0.2) is 5.97 Å². The van der Waals surface area contributed by atoms with Gasteiger partial charge in [-0.15, -0.1) is 0 Å². The molecule has 18 heavy (non-hydrogen) atoms. The van der Waals surface area contributed by atoms with Crippen LogP contribution >= 0.6 is 0 Å². The highest BCUT2D eigenvalue weighted by atomic mass is 16.5. The molecule has 0 saturated heterocycles. The Morgan fingerprint density at radius 2 is 2.00 bits per heavy atom. The van der Waals surface area contributed by atoms with E-state index in [2.05, 4.69) is 6.58 Å². The van der Waals surface area contributed by atoms with Gasteiger partial charge >= 0.3 is 5.97 Å². The van der Waals surface area contributed by atoms with Crippen LogP contribution in [0.3, 0.4) is 0 Å². The molecule has 2 aromatic rings. The van der Waals surface area contributed by atoms with Crippen LogP contribution in [0.25, 0.3) is 11.1 Å². The second-order valence-corrected chi connectivity index (χ2v) is 4.02. The van der Waals surface area contributed by atoms with Gasteiger partial charge in [-0.3, -0.25) is 0 Å². The van der Waals surface area contributed by atoms with Gasteiger partial charge in [0.2, 0.25) is 0 Å². The van der Waals surface area contributed by atoms with Gasteiger partial charge in [0.1, 0.15) is 12.4 Å². The second-order valence-electron chi connectivity index (χ2n) is 4.02. The fourth-order valence-electron chi connectivity index (χ4n) is 1.50. The maximum absolute atomic E-state index is 11.2. The van der Waals surface area contributed by atoms with E-state index in [0.717, 1.165) is 11.1 Å². The zero-order chi connectivity index (χ0) is 13.0. The summed E-state index contributed by atoms with van der Waals surface area (Å²) >= 11 is 0. The van der Waals surface area contributed by atoms with Crippen LogP contribution < -0.4 is 0 Å². The fourth-order valence-corrected chi connectivity index (χ4v) is 1.50. The highest BCUT2D eigenvalue weighted by Gasteiger charge is 2.07. The molecular formula is C15H14O3. The first-order valence-electron chi connectivity index (χ1n) is 5.62. The number of furan rings is 1. The summed E-state index contributed by atoms with van der Waals surface area (Å²) in [6.07, 6.45) is 1.65. The average molecular weight is 242 g/mol. The van der Waals surface area contributed by atoms with E-state index in [0.29, 0.717) is 11.3 Å². The molecule has 0 amide bonds. The van der Waals surface area contributed by atoms with E-state index >= 15 is 0 Å². The van der Waals surface area contributed by atoms with Crippen molar-refractivity contribution < 1.29 is 13.9 Å². The third-order valence-corrected chi connectivity index (χ3v) is 2.45. The predicted molar refractivity (Wildman–Crippen MR) is 68.8 cm³/mol. The molecule has 0 radical (unpaired) electrons. The topological polar surface area (TPSA) is 39.4 Å². The van der Waals surface area contributed by atoms with Gasteiger partial charge in [0.15, 0.2) is 0 Å². The summed E-state index contributed by atoms with van der Waals surface area (Å²) in [7, 11) is 0. The molecule has 3 heteroatoms. The highest BCUT2D eigenvalue weighted by Crippen LogP contribution is 2.22. The standard InChI is InChI=1S/C15H14O3/c1-11(2)15(16)18-10-14-8-13(9-17-14)12-6-4-3-5-7-12/h3-9H,1,10H2,2H3. The molecule has 0 aliphatic carbocycles. The maximum Gasteiger partial charge on any atom is 0.333 e. The Morgan fingerprint density at radius 1 is 1.28 bits per heavy atom. The Morgan fingerprint density at radius 3 is 2.67 bits per heavy atom.